The topological polar surface area (TPSA) is 58.6 Å². The molecule has 6 heteroatoms. The summed E-state index contributed by atoms with van der Waals surface area (Å²) >= 11 is 1.62. The van der Waals surface area contributed by atoms with Crippen molar-refractivity contribution in [1.29, 1.82) is 0 Å². The van der Waals surface area contributed by atoms with Gasteiger partial charge in [-0.1, -0.05) is 29.8 Å². The number of methoxy groups -OCH3 is 1. The second-order valence-corrected chi connectivity index (χ2v) is 6.32. The molecule has 1 N–H and O–H groups in total. The molecule has 1 aliphatic rings. The third-order valence-electron chi connectivity index (χ3n) is 3.54. The van der Waals surface area contributed by atoms with Crippen LogP contribution in [0.2, 0.25) is 0 Å². The molecule has 1 aromatic carbocycles. The molecule has 1 atom stereocenters. The molecule has 2 amide bonds. The fraction of sp³-hybridized carbons (Fsp3) is 0.500. The molecular weight excluding hydrogens is 300 g/mol. The number of hydrogen-bond donors (Lipinski definition) is 1. The Hall–Kier alpha value is -1.53. The van der Waals surface area contributed by atoms with E-state index in [2.05, 4.69) is 17.4 Å². The molecule has 0 radical (unpaired) electrons. The Balaban J connectivity index is 1.91. The maximum absolute atomic E-state index is 12.1. The van der Waals surface area contributed by atoms with E-state index in [4.69, 9.17) is 4.74 Å². The van der Waals surface area contributed by atoms with E-state index < -0.39 is 0 Å². The van der Waals surface area contributed by atoms with Crippen LogP contribution in [0, 0.1) is 6.92 Å². The number of benzene rings is 1. The summed E-state index contributed by atoms with van der Waals surface area (Å²) in [7, 11) is 1.60. The molecule has 0 saturated carbocycles. The quantitative estimate of drug-likeness (QED) is 0.777. The Morgan fingerprint density at radius 1 is 1.41 bits per heavy atom. The molecule has 1 aromatic rings. The summed E-state index contributed by atoms with van der Waals surface area (Å²) in [6.45, 7) is 3.48. The Bertz CT molecular complexity index is 519. The van der Waals surface area contributed by atoms with Crippen LogP contribution in [0.5, 0.6) is 0 Å². The van der Waals surface area contributed by atoms with E-state index in [1.54, 1.807) is 23.8 Å². The number of amides is 2. The van der Waals surface area contributed by atoms with Crippen molar-refractivity contribution in [2.24, 2.45) is 0 Å². The zero-order chi connectivity index (χ0) is 15.9. The molecule has 0 unspecified atom stereocenters. The minimum absolute atomic E-state index is 0.0138. The maximum Gasteiger partial charge on any atom is 0.233 e. The fourth-order valence-corrected chi connectivity index (χ4v) is 3.52. The smallest absolute Gasteiger partial charge is 0.233 e. The van der Waals surface area contributed by atoms with Crippen LogP contribution in [0.15, 0.2) is 24.3 Å². The van der Waals surface area contributed by atoms with Gasteiger partial charge >= 0.3 is 0 Å². The Morgan fingerprint density at radius 2 is 2.14 bits per heavy atom. The molecule has 22 heavy (non-hydrogen) atoms. The number of nitrogens with one attached hydrogen (secondary N) is 1. The van der Waals surface area contributed by atoms with Gasteiger partial charge < -0.3 is 15.0 Å². The van der Waals surface area contributed by atoms with E-state index in [1.165, 1.54) is 5.56 Å². The van der Waals surface area contributed by atoms with E-state index in [0.717, 1.165) is 5.56 Å². The average Bonchev–Trinajstić information content (AvgIpc) is 2.87. The van der Waals surface area contributed by atoms with Crippen molar-refractivity contribution < 1.29 is 14.3 Å². The first-order chi connectivity index (χ1) is 10.6. The van der Waals surface area contributed by atoms with Crippen molar-refractivity contribution in [1.82, 2.24) is 10.2 Å². The van der Waals surface area contributed by atoms with E-state index in [9.17, 15) is 9.59 Å². The van der Waals surface area contributed by atoms with Crippen LogP contribution in [0.1, 0.15) is 22.9 Å². The van der Waals surface area contributed by atoms with Gasteiger partial charge in [0.1, 0.15) is 5.37 Å². The van der Waals surface area contributed by atoms with Crippen molar-refractivity contribution >= 4 is 23.6 Å². The SMILES string of the molecule is COCCNC(=O)CCN1C(=O)CS[C@@H]1c1ccc(C)cc1. The number of ether oxygens (including phenoxy) is 1. The molecule has 120 valence electrons. The van der Waals surface area contributed by atoms with Crippen molar-refractivity contribution in [3.05, 3.63) is 35.4 Å². The molecule has 0 bridgehead atoms. The highest BCUT2D eigenvalue weighted by atomic mass is 32.2. The fourth-order valence-electron chi connectivity index (χ4n) is 2.31. The third kappa shape index (κ3) is 4.48. The molecule has 1 saturated heterocycles. The van der Waals surface area contributed by atoms with Gasteiger partial charge in [0.2, 0.25) is 11.8 Å². The van der Waals surface area contributed by atoms with E-state index in [0.29, 0.717) is 31.9 Å². The monoisotopic (exact) mass is 322 g/mol. The molecule has 0 aliphatic carbocycles. The van der Waals surface area contributed by atoms with Crippen LogP contribution < -0.4 is 5.32 Å². The Kier molecular flexibility index (Phi) is 6.27. The number of carbonyl (C=O) groups excluding carboxylic acids is 2. The number of rotatable bonds is 7. The summed E-state index contributed by atoms with van der Waals surface area (Å²) in [5.41, 5.74) is 2.31. The number of carbonyl (C=O) groups is 2. The van der Waals surface area contributed by atoms with Gasteiger partial charge in [0, 0.05) is 26.6 Å². The predicted octanol–water partition coefficient (Wildman–Crippen LogP) is 1.72. The van der Waals surface area contributed by atoms with Gasteiger partial charge in [0.05, 0.1) is 12.4 Å². The minimum Gasteiger partial charge on any atom is -0.383 e. The summed E-state index contributed by atoms with van der Waals surface area (Å²) in [6, 6.07) is 8.21. The zero-order valence-corrected chi connectivity index (χ0v) is 13.8. The van der Waals surface area contributed by atoms with Gasteiger partial charge in [-0.25, -0.2) is 0 Å². The minimum atomic E-state index is -0.0515. The van der Waals surface area contributed by atoms with Gasteiger partial charge in [-0.15, -0.1) is 11.8 Å². The van der Waals surface area contributed by atoms with Crippen LogP contribution in [-0.2, 0) is 14.3 Å². The average molecular weight is 322 g/mol. The number of aryl methyl sites for hydroxylation is 1. The Labute approximate surface area is 135 Å². The lowest BCUT2D eigenvalue weighted by Crippen LogP contribution is -2.34. The highest BCUT2D eigenvalue weighted by Gasteiger charge is 2.32. The molecule has 0 spiro atoms. The second kappa shape index (κ2) is 8.19. The Morgan fingerprint density at radius 3 is 2.82 bits per heavy atom. The van der Waals surface area contributed by atoms with E-state index >= 15 is 0 Å². The van der Waals surface area contributed by atoms with Gasteiger partial charge in [0.25, 0.3) is 0 Å². The lowest BCUT2D eigenvalue weighted by Gasteiger charge is -2.24. The molecule has 2 rings (SSSR count). The summed E-state index contributed by atoms with van der Waals surface area (Å²) in [5, 5.41) is 2.79. The van der Waals surface area contributed by atoms with Crippen molar-refractivity contribution in [3.63, 3.8) is 0 Å². The van der Waals surface area contributed by atoms with Gasteiger partial charge in [0.15, 0.2) is 0 Å². The first-order valence-corrected chi connectivity index (χ1v) is 8.40. The third-order valence-corrected chi connectivity index (χ3v) is 4.79. The standard InChI is InChI=1S/C16H22N2O3S/c1-12-3-5-13(6-4-12)16-18(15(20)11-22-16)9-7-14(19)17-8-10-21-2/h3-6,16H,7-11H2,1-2H3,(H,17,19)/t16-/m1/s1. The van der Waals surface area contributed by atoms with Gasteiger partial charge in [-0.2, -0.15) is 0 Å². The molecule has 5 nitrogen and oxygen atoms in total. The first-order valence-electron chi connectivity index (χ1n) is 7.35. The molecule has 1 fully saturated rings. The molecule has 1 heterocycles. The molecule has 1 aliphatic heterocycles. The number of hydrogen-bond acceptors (Lipinski definition) is 4. The highest BCUT2D eigenvalue weighted by molar-refractivity contribution is 8.00. The number of thioether (sulfide) groups is 1. The normalized spacial score (nSPS) is 17.8. The van der Waals surface area contributed by atoms with Gasteiger partial charge in [-0.05, 0) is 12.5 Å². The summed E-state index contributed by atoms with van der Waals surface area (Å²) in [6.07, 6.45) is 0.318. The van der Waals surface area contributed by atoms with Crippen LogP contribution >= 0.6 is 11.8 Å². The van der Waals surface area contributed by atoms with Gasteiger partial charge in [-0.3, -0.25) is 9.59 Å². The zero-order valence-electron chi connectivity index (χ0n) is 13.0. The lowest BCUT2D eigenvalue weighted by atomic mass is 10.1. The lowest BCUT2D eigenvalue weighted by molar-refractivity contribution is -0.129. The van der Waals surface area contributed by atoms with Crippen LogP contribution in [-0.4, -0.2) is 49.3 Å². The predicted molar refractivity (Wildman–Crippen MR) is 87.6 cm³/mol. The van der Waals surface area contributed by atoms with Crippen molar-refractivity contribution in [2.45, 2.75) is 18.7 Å². The highest BCUT2D eigenvalue weighted by Crippen LogP contribution is 2.38. The maximum atomic E-state index is 12.1. The summed E-state index contributed by atoms with van der Waals surface area (Å²) in [5.74, 6) is 0.522. The second-order valence-electron chi connectivity index (χ2n) is 5.25. The summed E-state index contributed by atoms with van der Waals surface area (Å²) in [4.78, 5) is 25.6. The van der Waals surface area contributed by atoms with Crippen LogP contribution in [0.3, 0.4) is 0 Å². The van der Waals surface area contributed by atoms with E-state index in [-0.39, 0.29) is 17.2 Å². The largest absolute Gasteiger partial charge is 0.383 e. The van der Waals surface area contributed by atoms with Crippen molar-refractivity contribution in [2.75, 3.05) is 32.6 Å². The van der Waals surface area contributed by atoms with Crippen molar-refractivity contribution in [3.8, 4) is 0 Å². The molecule has 0 aromatic heterocycles. The molecular formula is C16H22N2O3S. The van der Waals surface area contributed by atoms with Crippen LogP contribution in [0.25, 0.3) is 0 Å². The van der Waals surface area contributed by atoms with E-state index in [1.807, 2.05) is 19.1 Å². The number of nitrogens with zero attached hydrogens (tertiary/aromatic N) is 1. The van der Waals surface area contributed by atoms with Crippen LogP contribution in [0.4, 0.5) is 0 Å². The first kappa shape index (κ1) is 16.8. The summed E-state index contributed by atoms with van der Waals surface area (Å²) < 4.78 is 4.89.